The number of thioether (sulfide) groups is 1. The highest BCUT2D eigenvalue weighted by atomic mass is 32.2. The molecule has 0 aliphatic heterocycles. The molecule has 1 aromatic rings. The average Bonchev–Trinajstić information content (AvgIpc) is 2.41. The van der Waals surface area contributed by atoms with E-state index in [1.807, 2.05) is 30.3 Å². The first kappa shape index (κ1) is 15.5. The number of aliphatic carboxylic acids is 1. The standard InChI is InChI=1S/C13H17NO4S/c1-18-8-7-14(9-13(16)17)12(15)10-19-11-5-3-2-4-6-11/h2-6H,7-10H2,1H3,(H,16,17). The first-order valence-electron chi connectivity index (χ1n) is 5.80. The van der Waals surface area contributed by atoms with Crippen LogP contribution in [0.3, 0.4) is 0 Å². The lowest BCUT2D eigenvalue weighted by molar-refractivity contribution is -0.143. The second-order valence-electron chi connectivity index (χ2n) is 3.80. The molecule has 0 heterocycles. The SMILES string of the molecule is COCCN(CC(=O)O)C(=O)CSc1ccccc1. The van der Waals surface area contributed by atoms with Gasteiger partial charge in [-0.3, -0.25) is 9.59 Å². The lowest BCUT2D eigenvalue weighted by Gasteiger charge is -2.20. The third-order valence-corrected chi connectivity index (χ3v) is 3.35. The Hall–Kier alpha value is -1.53. The van der Waals surface area contributed by atoms with Gasteiger partial charge in [-0.25, -0.2) is 0 Å². The monoisotopic (exact) mass is 283 g/mol. The molecule has 0 spiro atoms. The summed E-state index contributed by atoms with van der Waals surface area (Å²) in [5, 5.41) is 8.78. The predicted molar refractivity (Wildman–Crippen MR) is 73.3 cm³/mol. The highest BCUT2D eigenvalue weighted by Crippen LogP contribution is 2.17. The molecule has 0 saturated carbocycles. The van der Waals surface area contributed by atoms with Crippen LogP contribution in [-0.2, 0) is 14.3 Å². The van der Waals surface area contributed by atoms with Gasteiger partial charge >= 0.3 is 5.97 Å². The molecule has 19 heavy (non-hydrogen) atoms. The molecule has 1 aromatic carbocycles. The minimum Gasteiger partial charge on any atom is -0.480 e. The van der Waals surface area contributed by atoms with Crippen molar-refractivity contribution >= 4 is 23.6 Å². The van der Waals surface area contributed by atoms with E-state index in [-0.39, 0.29) is 24.7 Å². The van der Waals surface area contributed by atoms with Gasteiger partial charge in [0.2, 0.25) is 5.91 Å². The fourth-order valence-corrected chi connectivity index (χ4v) is 2.23. The first-order valence-corrected chi connectivity index (χ1v) is 6.78. The Morgan fingerprint density at radius 1 is 1.32 bits per heavy atom. The zero-order valence-corrected chi connectivity index (χ0v) is 11.6. The number of amides is 1. The number of hydrogen-bond acceptors (Lipinski definition) is 4. The van der Waals surface area contributed by atoms with Gasteiger partial charge in [0.15, 0.2) is 0 Å². The van der Waals surface area contributed by atoms with Crippen LogP contribution in [0.25, 0.3) is 0 Å². The van der Waals surface area contributed by atoms with Crippen molar-refractivity contribution in [1.82, 2.24) is 4.90 Å². The smallest absolute Gasteiger partial charge is 0.323 e. The van der Waals surface area contributed by atoms with Crippen LogP contribution in [0.1, 0.15) is 0 Å². The van der Waals surface area contributed by atoms with Gasteiger partial charge in [0.1, 0.15) is 6.54 Å². The maximum Gasteiger partial charge on any atom is 0.323 e. The molecule has 6 heteroatoms. The summed E-state index contributed by atoms with van der Waals surface area (Å²) in [6.07, 6.45) is 0. The van der Waals surface area contributed by atoms with Gasteiger partial charge in [0.05, 0.1) is 12.4 Å². The van der Waals surface area contributed by atoms with Gasteiger partial charge in [-0.15, -0.1) is 11.8 Å². The van der Waals surface area contributed by atoms with E-state index in [1.165, 1.54) is 23.8 Å². The van der Waals surface area contributed by atoms with Crippen LogP contribution in [0.5, 0.6) is 0 Å². The summed E-state index contributed by atoms with van der Waals surface area (Å²) in [7, 11) is 1.52. The molecular weight excluding hydrogens is 266 g/mol. The number of hydrogen-bond donors (Lipinski definition) is 1. The minimum atomic E-state index is -1.02. The van der Waals surface area contributed by atoms with E-state index in [0.717, 1.165) is 4.90 Å². The summed E-state index contributed by atoms with van der Waals surface area (Å²) in [4.78, 5) is 24.9. The van der Waals surface area contributed by atoms with Crippen LogP contribution >= 0.6 is 11.8 Å². The number of ether oxygens (including phenoxy) is 1. The average molecular weight is 283 g/mol. The molecule has 1 amide bonds. The zero-order chi connectivity index (χ0) is 14.1. The molecule has 104 valence electrons. The molecule has 0 unspecified atom stereocenters. The Bertz CT molecular complexity index is 410. The van der Waals surface area contributed by atoms with Crippen molar-refractivity contribution in [3.63, 3.8) is 0 Å². The molecule has 0 atom stereocenters. The highest BCUT2D eigenvalue weighted by molar-refractivity contribution is 8.00. The van der Waals surface area contributed by atoms with Crippen molar-refractivity contribution in [2.75, 3.05) is 32.6 Å². The molecule has 0 aromatic heterocycles. The Morgan fingerprint density at radius 2 is 2.00 bits per heavy atom. The number of carboxylic acids is 1. The van der Waals surface area contributed by atoms with Crippen LogP contribution in [0.4, 0.5) is 0 Å². The van der Waals surface area contributed by atoms with E-state index in [2.05, 4.69) is 0 Å². The summed E-state index contributed by atoms with van der Waals surface area (Å²) in [6.45, 7) is 0.323. The van der Waals surface area contributed by atoms with Crippen molar-refractivity contribution in [3.8, 4) is 0 Å². The number of carbonyl (C=O) groups is 2. The summed E-state index contributed by atoms with van der Waals surface area (Å²) >= 11 is 1.39. The Kier molecular flexibility index (Phi) is 6.99. The third-order valence-electron chi connectivity index (χ3n) is 2.35. The molecule has 0 aliphatic carbocycles. The lowest BCUT2D eigenvalue weighted by Crippen LogP contribution is -2.39. The van der Waals surface area contributed by atoms with E-state index in [1.54, 1.807) is 0 Å². The number of methoxy groups -OCH3 is 1. The van der Waals surface area contributed by atoms with E-state index in [4.69, 9.17) is 9.84 Å². The maximum absolute atomic E-state index is 11.9. The van der Waals surface area contributed by atoms with Gasteiger partial charge in [0, 0.05) is 18.6 Å². The Balaban J connectivity index is 2.48. The van der Waals surface area contributed by atoms with Crippen LogP contribution < -0.4 is 0 Å². The number of rotatable bonds is 8. The number of carboxylic acid groups (broad SMARTS) is 1. The van der Waals surface area contributed by atoms with Gasteiger partial charge in [0.25, 0.3) is 0 Å². The van der Waals surface area contributed by atoms with Crippen LogP contribution in [0.2, 0.25) is 0 Å². The predicted octanol–water partition coefficient (Wildman–Crippen LogP) is 1.34. The quantitative estimate of drug-likeness (QED) is 0.729. The van der Waals surface area contributed by atoms with Crippen LogP contribution in [-0.4, -0.2) is 54.4 Å². The molecule has 0 radical (unpaired) electrons. The maximum atomic E-state index is 11.9. The topological polar surface area (TPSA) is 66.8 Å². The van der Waals surface area contributed by atoms with Crippen molar-refractivity contribution in [1.29, 1.82) is 0 Å². The van der Waals surface area contributed by atoms with Gasteiger partial charge in [-0.05, 0) is 12.1 Å². The normalized spacial score (nSPS) is 10.2. The summed E-state index contributed by atoms with van der Waals surface area (Å²) in [5.74, 6) is -0.997. The van der Waals surface area contributed by atoms with Gasteiger partial charge in [-0.1, -0.05) is 18.2 Å². The lowest BCUT2D eigenvalue weighted by atomic mass is 10.4. The number of carbonyl (C=O) groups excluding carboxylic acids is 1. The van der Waals surface area contributed by atoms with E-state index < -0.39 is 5.97 Å². The number of benzene rings is 1. The molecule has 0 aliphatic rings. The first-order chi connectivity index (χ1) is 9.13. The zero-order valence-electron chi connectivity index (χ0n) is 10.7. The molecule has 0 fully saturated rings. The van der Waals surface area contributed by atoms with E-state index in [9.17, 15) is 9.59 Å². The van der Waals surface area contributed by atoms with Crippen molar-refractivity contribution < 1.29 is 19.4 Å². The number of nitrogens with zero attached hydrogens (tertiary/aromatic N) is 1. The van der Waals surface area contributed by atoms with Crippen LogP contribution in [0.15, 0.2) is 35.2 Å². The highest BCUT2D eigenvalue weighted by Gasteiger charge is 2.16. The second kappa shape index (κ2) is 8.55. The summed E-state index contributed by atoms with van der Waals surface area (Å²) in [5.41, 5.74) is 0. The molecular formula is C13H17NO4S. The Morgan fingerprint density at radius 3 is 2.58 bits per heavy atom. The molecule has 5 nitrogen and oxygen atoms in total. The second-order valence-corrected chi connectivity index (χ2v) is 4.85. The van der Waals surface area contributed by atoms with Crippen molar-refractivity contribution in [2.45, 2.75) is 4.90 Å². The molecule has 0 saturated heterocycles. The summed E-state index contributed by atoms with van der Waals surface area (Å²) < 4.78 is 4.87. The third kappa shape index (κ3) is 6.26. The van der Waals surface area contributed by atoms with Gasteiger partial charge < -0.3 is 14.7 Å². The van der Waals surface area contributed by atoms with E-state index in [0.29, 0.717) is 6.61 Å². The van der Waals surface area contributed by atoms with Crippen molar-refractivity contribution in [2.24, 2.45) is 0 Å². The summed E-state index contributed by atoms with van der Waals surface area (Å²) in [6, 6.07) is 9.52. The fourth-order valence-electron chi connectivity index (χ4n) is 1.41. The largest absolute Gasteiger partial charge is 0.480 e. The molecule has 1 N–H and O–H groups in total. The fraction of sp³-hybridized carbons (Fsp3) is 0.385. The minimum absolute atomic E-state index is 0.201. The van der Waals surface area contributed by atoms with E-state index >= 15 is 0 Å². The molecule has 0 bridgehead atoms. The van der Waals surface area contributed by atoms with Crippen molar-refractivity contribution in [3.05, 3.63) is 30.3 Å². The molecule has 1 rings (SSSR count). The van der Waals surface area contributed by atoms with Gasteiger partial charge in [-0.2, -0.15) is 0 Å². The Labute approximate surface area is 116 Å². The van der Waals surface area contributed by atoms with Crippen LogP contribution in [0, 0.1) is 0 Å².